The molecule has 6 heteroatoms. The van der Waals surface area contributed by atoms with Crippen LogP contribution in [0.4, 0.5) is 17.2 Å². The van der Waals surface area contributed by atoms with E-state index in [1.165, 1.54) is 59.9 Å². The van der Waals surface area contributed by atoms with Gasteiger partial charge in [0.05, 0.1) is 5.69 Å². The Kier molecular flexibility index (Phi) is 7.69. The molecule has 5 nitrogen and oxygen atoms in total. The quantitative estimate of drug-likeness (QED) is 0.167. The van der Waals surface area contributed by atoms with Crippen LogP contribution in [0.1, 0.15) is 65.8 Å². The first-order valence-electron chi connectivity index (χ1n) is 16.4. The number of anilines is 3. The van der Waals surface area contributed by atoms with E-state index in [9.17, 15) is 0 Å². The summed E-state index contributed by atoms with van der Waals surface area (Å²) in [7, 11) is 0. The zero-order valence-corrected chi connectivity index (χ0v) is 28.0. The summed E-state index contributed by atoms with van der Waals surface area (Å²) >= 11 is 0. The number of hydroxylamine groups is 1. The van der Waals surface area contributed by atoms with Gasteiger partial charge in [-0.2, -0.15) is 0 Å². The molecule has 232 valence electrons. The van der Waals surface area contributed by atoms with Crippen LogP contribution in [-0.4, -0.2) is 9.97 Å². The van der Waals surface area contributed by atoms with E-state index >= 15 is 0 Å². The second-order valence-electron chi connectivity index (χ2n) is 13.4. The Morgan fingerprint density at radius 3 is 2.30 bits per heavy atom. The minimum absolute atomic E-state index is 0. The maximum Gasteiger partial charge on any atom is 2.00 e. The first kappa shape index (κ1) is 29.5. The minimum Gasteiger partial charge on any atom is -0.455 e. The minimum atomic E-state index is 0. The molecule has 0 N–H and O–H groups in total. The van der Waals surface area contributed by atoms with Crippen molar-refractivity contribution in [3.63, 3.8) is 0 Å². The monoisotopic (exact) mass is 783 g/mol. The van der Waals surface area contributed by atoms with Crippen LogP contribution >= 0.6 is 0 Å². The van der Waals surface area contributed by atoms with E-state index < -0.39 is 0 Å². The third-order valence-corrected chi connectivity index (χ3v) is 10.4. The van der Waals surface area contributed by atoms with Gasteiger partial charge in [0.15, 0.2) is 0 Å². The smallest absolute Gasteiger partial charge is 0.455 e. The number of fused-ring (bicyclic) bond motifs is 3. The Balaban J connectivity index is 0.00000312. The van der Waals surface area contributed by atoms with Crippen molar-refractivity contribution in [2.75, 3.05) is 9.96 Å². The molecular formula is C40H36N4OPt. The van der Waals surface area contributed by atoms with Gasteiger partial charge < -0.3 is 14.8 Å². The van der Waals surface area contributed by atoms with E-state index in [0.717, 1.165) is 54.1 Å². The maximum absolute atomic E-state index is 6.68. The number of benzene rings is 3. The molecule has 1 saturated carbocycles. The van der Waals surface area contributed by atoms with Crippen molar-refractivity contribution < 1.29 is 25.9 Å². The van der Waals surface area contributed by atoms with Gasteiger partial charge in [-0.1, -0.05) is 61.2 Å². The van der Waals surface area contributed by atoms with Crippen molar-refractivity contribution in [1.29, 1.82) is 0 Å². The SMILES string of the molecule is [Pt+2].[c-]1ccccc1-c1nc(ON2[CH-]N(c3cc(C4CCCCC4)ccn3)c3ccccc32)cc2c1CC1(Cc3ccccc3C1)C2. The van der Waals surface area contributed by atoms with Crippen molar-refractivity contribution in [2.45, 2.75) is 63.7 Å². The Morgan fingerprint density at radius 2 is 1.52 bits per heavy atom. The van der Waals surface area contributed by atoms with Gasteiger partial charge in [0.25, 0.3) is 0 Å². The topological polar surface area (TPSA) is 41.5 Å². The second kappa shape index (κ2) is 12.0. The van der Waals surface area contributed by atoms with Gasteiger partial charge in [0.2, 0.25) is 5.88 Å². The first-order chi connectivity index (χ1) is 22.2. The zero-order valence-electron chi connectivity index (χ0n) is 25.8. The van der Waals surface area contributed by atoms with Crippen LogP contribution in [0.25, 0.3) is 11.3 Å². The fourth-order valence-corrected chi connectivity index (χ4v) is 8.32. The van der Waals surface area contributed by atoms with Crippen LogP contribution in [0.2, 0.25) is 0 Å². The van der Waals surface area contributed by atoms with Crippen molar-refractivity contribution >= 4 is 17.2 Å². The Hall–Kier alpha value is -3.95. The summed E-state index contributed by atoms with van der Waals surface area (Å²) in [6.45, 7) is 2.01. The van der Waals surface area contributed by atoms with Gasteiger partial charge in [0, 0.05) is 18.0 Å². The third-order valence-electron chi connectivity index (χ3n) is 10.4. The molecule has 0 radical (unpaired) electrons. The fourth-order valence-electron chi connectivity index (χ4n) is 8.32. The Bertz CT molecular complexity index is 1860. The van der Waals surface area contributed by atoms with Crippen LogP contribution in [0.15, 0.2) is 97.2 Å². The maximum atomic E-state index is 6.68. The molecule has 0 bridgehead atoms. The Labute approximate surface area is 285 Å². The molecule has 4 aliphatic rings. The standard InChI is InChI=1S/C40H36N4O.Pt/c1-3-11-28(12-4-1)30-19-20-41-37(21-30)43-27-44(36-18-10-9-17-35(36)43)45-38-22-33-25-40(23-31-15-7-8-16-32(31)24-40)26-34(33)39(42-38)29-13-5-2-6-14-29;/h2,5-10,13,15-22,27-28H,1,3-4,11-12,23-26H2;/q-2;+2. The molecule has 1 spiro atoms. The molecule has 0 saturated heterocycles. The van der Waals surface area contributed by atoms with Gasteiger partial charge in [-0.05, 0) is 102 Å². The molecular weight excluding hydrogens is 748 g/mol. The number of para-hydroxylation sites is 2. The van der Waals surface area contributed by atoms with Gasteiger partial charge in [-0.15, -0.1) is 42.6 Å². The van der Waals surface area contributed by atoms with E-state index in [-0.39, 0.29) is 26.5 Å². The van der Waals surface area contributed by atoms with Crippen molar-refractivity contribution in [3.8, 4) is 17.1 Å². The van der Waals surface area contributed by atoms with Gasteiger partial charge in [-0.25, -0.2) is 4.98 Å². The molecule has 3 aliphatic carbocycles. The molecule has 1 aliphatic heterocycles. The average molecular weight is 784 g/mol. The number of hydrogen-bond acceptors (Lipinski definition) is 5. The van der Waals surface area contributed by atoms with Crippen molar-refractivity contribution in [1.82, 2.24) is 9.97 Å². The molecule has 0 amide bonds. The van der Waals surface area contributed by atoms with E-state index in [1.807, 2.05) is 30.1 Å². The second-order valence-corrected chi connectivity index (χ2v) is 13.4. The van der Waals surface area contributed by atoms with Crippen LogP contribution in [0, 0.1) is 18.2 Å². The predicted octanol–water partition coefficient (Wildman–Crippen LogP) is 8.94. The van der Waals surface area contributed by atoms with E-state index in [0.29, 0.717) is 11.8 Å². The molecule has 5 aromatic rings. The number of aromatic nitrogens is 2. The van der Waals surface area contributed by atoms with Crippen LogP contribution < -0.4 is 14.8 Å². The summed E-state index contributed by atoms with van der Waals surface area (Å²) in [5.41, 5.74) is 11.3. The van der Waals surface area contributed by atoms with E-state index in [4.69, 9.17) is 14.8 Å². The molecule has 3 aromatic carbocycles. The van der Waals surface area contributed by atoms with Crippen LogP contribution in [0.3, 0.4) is 0 Å². The summed E-state index contributed by atoms with van der Waals surface area (Å²) in [5.74, 6) is 2.14. The molecule has 1 fully saturated rings. The third kappa shape index (κ3) is 5.23. The zero-order chi connectivity index (χ0) is 29.8. The number of pyridine rings is 2. The molecule has 0 atom stereocenters. The molecule has 46 heavy (non-hydrogen) atoms. The summed E-state index contributed by atoms with van der Waals surface area (Å²) in [4.78, 5) is 18.8. The molecule has 3 heterocycles. The first-order valence-corrected chi connectivity index (χ1v) is 16.4. The van der Waals surface area contributed by atoms with Gasteiger partial charge in [0.1, 0.15) is 5.82 Å². The largest absolute Gasteiger partial charge is 2.00 e. The van der Waals surface area contributed by atoms with E-state index in [1.54, 1.807) is 0 Å². The molecule has 9 rings (SSSR count). The average Bonchev–Trinajstić information content (AvgIpc) is 3.77. The van der Waals surface area contributed by atoms with Crippen LogP contribution in [0.5, 0.6) is 5.88 Å². The van der Waals surface area contributed by atoms with Crippen molar-refractivity contribution in [3.05, 3.63) is 138 Å². The normalized spacial score (nSPS) is 17.8. The summed E-state index contributed by atoms with van der Waals surface area (Å²) in [6, 6.07) is 35.6. The predicted molar refractivity (Wildman–Crippen MR) is 178 cm³/mol. The van der Waals surface area contributed by atoms with Gasteiger partial charge in [-0.3, -0.25) is 4.98 Å². The number of nitrogens with zero attached hydrogens (tertiary/aromatic N) is 4. The molecule has 2 aromatic heterocycles. The van der Waals surface area contributed by atoms with Gasteiger partial charge >= 0.3 is 21.1 Å². The van der Waals surface area contributed by atoms with E-state index in [2.05, 4.69) is 89.8 Å². The summed E-state index contributed by atoms with van der Waals surface area (Å²) < 4.78 is 0. The van der Waals surface area contributed by atoms with Crippen molar-refractivity contribution in [2.24, 2.45) is 5.41 Å². The Morgan fingerprint density at radius 1 is 0.783 bits per heavy atom. The fraction of sp³-hybridized carbons (Fsp3) is 0.275. The summed E-state index contributed by atoms with van der Waals surface area (Å²) in [5, 5.41) is 1.85. The number of rotatable bonds is 5. The number of hydrogen-bond donors (Lipinski definition) is 0. The summed E-state index contributed by atoms with van der Waals surface area (Å²) in [6.07, 6.45) is 12.7. The molecule has 0 unspecified atom stereocenters. The van der Waals surface area contributed by atoms with Crippen LogP contribution in [-0.2, 0) is 46.7 Å².